The number of halogens is 2. The molecule has 3 nitrogen and oxygen atoms in total. The van der Waals surface area contributed by atoms with Crippen LogP contribution >= 0.6 is 34.5 Å². The summed E-state index contributed by atoms with van der Waals surface area (Å²) in [5.74, 6) is 0. The Balaban J connectivity index is 1.97. The molecule has 0 atom stereocenters. The van der Waals surface area contributed by atoms with Gasteiger partial charge in [-0.25, -0.2) is 13.1 Å². The van der Waals surface area contributed by atoms with Gasteiger partial charge in [0.2, 0.25) is 10.0 Å². The zero-order valence-electron chi connectivity index (χ0n) is 9.77. The Morgan fingerprint density at radius 1 is 1.21 bits per heavy atom. The molecule has 7 heteroatoms. The van der Waals surface area contributed by atoms with Gasteiger partial charge < -0.3 is 0 Å². The molecule has 0 saturated heterocycles. The largest absolute Gasteiger partial charge is 0.250 e. The van der Waals surface area contributed by atoms with Crippen LogP contribution in [0.5, 0.6) is 0 Å². The normalized spacial score (nSPS) is 11.7. The molecule has 0 unspecified atom stereocenters. The smallest absolute Gasteiger partial charge is 0.210 e. The van der Waals surface area contributed by atoms with Crippen LogP contribution < -0.4 is 4.72 Å². The maximum absolute atomic E-state index is 11.9. The number of nitrogens with one attached hydrogen (secondary N) is 1. The van der Waals surface area contributed by atoms with Crippen molar-refractivity contribution in [1.82, 2.24) is 4.72 Å². The highest BCUT2D eigenvalue weighted by atomic mass is 35.5. The Hall–Kier alpha value is -0.590. The van der Waals surface area contributed by atoms with Crippen molar-refractivity contribution in [2.45, 2.75) is 10.6 Å². The van der Waals surface area contributed by atoms with Crippen molar-refractivity contribution in [3.63, 3.8) is 0 Å². The van der Waals surface area contributed by atoms with E-state index in [1.165, 1.54) is 11.3 Å². The Morgan fingerprint density at radius 2 is 2.00 bits per heavy atom. The number of hydrogen-bond donors (Lipinski definition) is 1. The van der Waals surface area contributed by atoms with Crippen molar-refractivity contribution in [2.24, 2.45) is 0 Å². The molecule has 1 N–H and O–H groups in total. The summed E-state index contributed by atoms with van der Waals surface area (Å²) in [5.41, 5.74) is 0.861. The third-order valence-corrected chi connectivity index (χ3v) is 5.91. The minimum atomic E-state index is -3.41. The fourth-order valence-electron chi connectivity index (χ4n) is 1.53. The maximum Gasteiger partial charge on any atom is 0.250 e. The first-order chi connectivity index (χ1) is 8.99. The highest BCUT2D eigenvalue weighted by molar-refractivity contribution is 7.91. The average molecular weight is 336 g/mol. The third-order valence-electron chi connectivity index (χ3n) is 2.46. The van der Waals surface area contributed by atoms with E-state index in [2.05, 4.69) is 4.72 Å². The summed E-state index contributed by atoms with van der Waals surface area (Å²) in [5, 5.41) is 2.83. The van der Waals surface area contributed by atoms with Gasteiger partial charge in [-0.15, -0.1) is 11.3 Å². The SMILES string of the molecule is O=S(=O)(NCCc1ccc(Cl)cc1Cl)c1cccs1. The molecule has 2 rings (SSSR count). The molecule has 0 fully saturated rings. The maximum atomic E-state index is 11.9. The average Bonchev–Trinajstić information content (AvgIpc) is 2.86. The number of sulfonamides is 1. The second kappa shape index (κ2) is 6.24. The van der Waals surface area contributed by atoms with E-state index in [1.807, 2.05) is 0 Å². The van der Waals surface area contributed by atoms with Crippen LogP contribution in [0, 0.1) is 0 Å². The lowest BCUT2D eigenvalue weighted by atomic mass is 10.1. The molecule has 0 aliphatic heterocycles. The fraction of sp³-hybridized carbons (Fsp3) is 0.167. The van der Waals surface area contributed by atoms with E-state index in [9.17, 15) is 8.42 Å². The van der Waals surface area contributed by atoms with Crippen molar-refractivity contribution in [3.8, 4) is 0 Å². The van der Waals surface area contributed by atoms with Gasteiger partial charge in [-0.05, 0) is 35.6 Å². The summed E-state index contributed by atoms with van der Waals surface area (Å²) in [7, 11) is -3.41. The minimum absolute atomic E-state index is 0.293. The first-order valence-electron chi connectivity index (χ1n) is 5.46. The van der Waals surface area contributed by atoms with Gasteiger partial charge in [0.25, 0.3) is 0 Å². The topological polar surface area (TPSA) is 46.2 Å². The van der Waals surface area contributed by atoms with Crippen LogP contribution in [0.25, 0.3) is 0 Å². The van der Waals surface area contributed by atoms with Crippen LogP contribution in [0.15, 0.2) is 39.9 Å². The number of thiophene rings is 1. The van der Waals surface area contributed by atoms with Gasteiger partial charge in [0.15, 0.2) is 0 Å². The Morgan fingerprint density at radius 3 is 2.63 bits per heavy atom. The molecule has 0 aliphatic carbocycles. The standard InChI is InChI=1S/C12H11Cl2NO2S2/c13-10-4-3-9(11(14)8-10)5-6-15-19(16,17)12-2-1-7-18-12/h1-4,7-8,15H,5-6H2. The van der Waals surface area contributed by atoms with Crippen LogP contribution in [0.1, 0.15) is 5.56 Å². The van der Waals surface area contributed by atoms with Gasteiger partial charge >= 0.3 is 0 Å². The van der Waals surface area contributed by atoms with Gasteiger partial charge in [-0.2, -0.15) is 0 Å². The van der Waals surface area contributed by atoms with Crippen LogP contribution in [0.4, 0.5) is 0 Å². The summed E-state index contributed by atoms with van der Waals surface area (Å²) in [6.07, 6.45) is 0.514. The Kier molecular flexibility index (Phi) is 4.86. The summed E-state index contributed by atoms with van der Waals surface area (Å²) in [4.78, 5) is 0. The Labute approximate surface area is 126 Å². The molecule has 0 spiro atoms. The van der Waals surface area contributed by atoms with Crippen molar-refractivity contribution >= 4 is 44.6 Å². The molecule has 102 valence electrons. The summed E-state index contributed by atoms with van der Waals surface area (Å²) in [6.45, 7) is 0.293. The van der Waals surface area contributed by atoms with E-state index in [0.717, 1.165) is 5.56 Å². The van der Waals surface area contributed by atoms with E-state index in [4.69, 9.17) is 23.2 Å². The molecule has 0 amide bonds. The summed E-state index contributed by atoms with van der Waals surface area (Å²) < 4.78 is 26.6. The Bertz CT molecular complexity index is 654. The quantitative estimate of drug-likeness (QED) is 0.907. The summed E-state index contributed by atoms with van der Waals surface area (Å²) >= 11 is 13.0. The molecular weight excluding hydrogens is 325 g/mol. The van der Waals surface area contributed by atoms with Gasteiger partial charge in [-0.1, -0.05) is 35.3 Å². The second-order valence-corrected chi connectivity index (χ2v) is 7.60. The number of hydrogen-bond acceptors (Lipinski definition) is 3. The molecule has 1 heterocycles. The zero-order chi connectivity index (χ0) is 13.9. The lowest BCUT2D eigenvalue weighted by molar-refractivity contribution is 0.584. The molecule has 19 heavy (non-hydrogen) atoms. The first kappa shape index (κ1) is 14.8. The predicted molar refractivity (Wildman–Crippen MR) is 79.7 cm³/mol. The number of benzene rings is 1. The van der Waals surface area contributed by atoms with Gasteiger partial charge in [0.05, 0.1) is 0 Å². The zero-order valence-corrected chi connectivity index (χ0v) is 12.9. The molecule has 1 aromatic carbocycles. The molecule has 0 radical (unpaired) electrons. The van der Waals surface area contributed by atoms with Gasteiger partial charge in [-0.3, -0.25) is 0 Å². The molecule has 0 bridgehead atoms. The monoisotopic (exact) mass is 335 g/mol. The number of rotatable bonds is 5. The lowest BCUT2D eigenvalue weighted by Gasteiger charge is -2.06. The van der Waals surface area contributed by atoms with Crippen molar-refractivity contribution in [2.75, 3.05) is 6.54 Å². The molecule has 1 aromatic heterocycles. The first-order valence-corrected chi connectivity index (χ1v) is 8.58. The predicted octanol–water partition coefficient (Wildman–Crippen LogP) is 3.58. The lowest BCUT2D eigenvalue weighted by Crippen LogP contribution is -2.25. The van der Waals surface area contributed by atoms with E-state index in [1.54, 1.807) is 35.7 Å². The van der Waals surface area contributed by atoms with Crippen molar-refractivity contribution in [1.29, 1.82) is 0 Å². The molecule has 0 aliphatic rings. The molecule has 2 aromatic rings. The van der Waals surface area contributed by atoms with Crippen LogP contribution in [-0.2, 0) is 16.4 Å². The van der Waals surface area contributed by atoms with Gasteiger partial charge in [0, 0.05) is 16.6 Å². The van der Waals surface area contributed by atoms with Crippen LogP contribution in [0.2, 0.25) is 10.0 Å². The molecular formula is C12H11Cl2NO2S2. The highest BCUT2D eigenvalue weighted by Crippen LogP contribution is 2.21. The van der Waals surface area contributed by atoms with Crippen molar-refractivity contribution in [3.05, 3.63) is 51.3 Å². The van der Waals surface area contributed by atoms with Gasteiger partial charge in [0.1, 0.15) is 4.21 Å². The van der Waals surface area contributed by atoms with Crippen LogP contribution in [-0.4, -0.2) is 15.0 Å². The molecule has 0 saturated carbocycles. The van der Waals surface area contributed by atoms with Crippen LogP contribution in [0.3, 0.4) is 0 Å². The second-order valence-electron chi connectivity index (χ2n) is 3.82. The third kappa shape index (κ3) is 3.94. The van der Waals surface area contributed by atoms with Crippen molar-refractivity contribution < 1.29 is 8.42 Å². The van der Waals surface area contributed by atoms with E-state index in [0.29, 0.717) is 27.2 Å². The fourth-order valence-corrected chi connectivity index (χ4v) is 4.10. The van der Waals surface area contributed by atoms with E-state index >= 15 is 0 Å². The minimum Gasteiger partial charge on any atom is -0.210 e. The van der Waals surface area contributed by atoms with E-state index in [-0.39, 0.29) is 0 Å². The van der Waals surface area contributed by atoms with E-state index < -0.39 is 10.0 Å². The highest BCUT2D eigenvalue weighted by Gasteiger charge is 2.14. The summed E-state index contributed by atoms with van der Waals surface area (Å²) in [6, 6.07) is 8.45.